The fourth-order valence-corrected chi connectivity index (χ4v) is 3.88. The first-order valence-electron chi connectivity index (χ1n) is 9.26. The molecule has 0 unspecified atom stereocenters. The van der Waals surface area contributed by atoms with Gasteiger partial charge < -0.3 is 4.57 Å². The van der Waals surface area contributed by atoms with E-state index in [0.29, 0.717) is 0 Å². The van der Waals surface area contributed by atoms with Crippen molar-refractivity contribution in [2.45, 2.75) is 37.8 Å². The van der Waals surface area contributed by atoms with E-state index in [1.807, 2.05) is 56.3 Å². The highest BCUT2D eigenvalue weighted by atomic mass is 32.2. The van der Waals surface area contributed by atoms with Crippen molar-refractivity contribution in [3.05, 3.63) is 83.2 Å². The summed E-state index contributed by atoms with van der Waals surface area (Å²) in [6.45, 7) is 8.06. The molecule has 3 rings (SSSR count). The van der Waals surface area contributed by atoms with Crippen molar-refractivity contribution < 1.29 is 4.79 Å². The van der Waals surface area contributed by atoms with E-state index in [4.69, 9.17) is 0 Å². The van der Waals surface area contributed by atoms with Crippen LogP contribution in [-0.2, 0) is 4.79 Å². The predicted molar refractivity (Wildman–Crippen MR) is 117 cm³/mol. The fraction of sp³-hybridized carbons (Fsp3) is 0.217. The predicted octanol–water partition coefficient (Wildman–Crippen LogP) is 5.03. The smallest absolute Gasteiger partial charge is 0.253 e. The monoisotopic (exact) mass is 391 g/mol. The Kier molecular flexibility index (Phi) is 6.37. The number of thioether (sulfide) groups is 1. The van der Waals surface area contributed by atoms with Gasteiger partial charge in [-0.25, -0.2) is 5.43 Å². The highest BCUT2D eigenvalue weighted by Gasteiger charge is 2.14. The fourth-order valence-electron chi connectivity index (χ4n) is 3.02. The van der Waals surface area contributed by atoms with Crippen molar-refractivity contribution in [1.82, 2.24) is 9.99 Å². The number of rotatable bonds is 6. The second-order valence-electron chi connectivity index (χ2n) is 6.80. The Bertz CT molecular complexity index is 975. The van der Waals surface area contributed by atoms with Crippen LogP contribution in [0.1, 0.15) is 29.4 Å². The molecule has 1 amide bonds. The van der Waals surface area contributed by atoms with E-state index in [1.165, 1.54) is 17.3 Å². The molecule has 0 bridgehead atoms. The van der Waals surface area contributed by atoms with Gasteiger partial charge in [-0.2, -0.15) is 5.10 Å². The van der Waals surface area contributed by atoms with Gasteiger partial charge in [-0.1, -0.05) is 35.9 Å². The van der Waals surface area contributed by atoms with Crippen LogP contribution < -0.4 is 5.43 Å². The van der Waals surface area contributed by atoms with Crippen molar-refractivity contribution in [3.63, 3.8) is 0 Å². The maximum Gasteiger partial charge on any atom is 0.253 e. The highest BCUT2D eigenvalue weighted by Crippen LogP contribution is 2.23. The lowest BCUT2D eigenvalue weighted by molar-refractivity contribution is -0.120. The Morgan fingerprint density at radius 2 is 1.75 bits per heavy atom. The molecule has 2 aromatic carbocycles. The lowest BCUT2D eigenvalue weighted by Crippen LogP contribution is -2.26. The van der Waals surface area contributed by atoms with Gasteiger partial charge in [0.2, 0.25) is 0 Å². The van der Waals surface area contributed by atoms with Gasteiger partial charge in [-0.05, 0) is 58.0 Å². The summed E-state index contributed by atoms with van der Waals surface area (Å²) >= 11 is 1.52. The van der Waals surface area contributed by atoms with Crippen molar-refractivity contribution in [2.24, 2.45) is 5.10 Å². The van der Waals surface area contributed by atoms with Crippen molar-refractivity contribution in [3.8, 4) is 5.69 Å². The second kappa shape index (κ2) is 8.93. The molecule has 144 valence electrons. The van der Waals surface area contributed by atoms with Gasteiger partial charge >= 0.3 is 0 Å². The number of hydrazone groups is 1. The summed E-state index contributed by atoms with van der Waals surface area (Å²) < 4.78 is 2.18. The number of benzene rings is 2. The molecule has 1 aromatic heterocycles. The molecule has 5 heteroatoms. The number of nitrogens with zero attached hydrogens (tertiary/aromatic N) is 2. The number of para-hydroxylation sites is 1. The van der Waals surface area contributed by atoms with Crippen LogP contribution in [0.5, 0.6) is 0 Å². The number of hydrogen-bond acceptors (Lipinski definition) is 3. The van der Waals surface area contributed by atoms with Gasteiger partial charge in [0.15, 0.2) is 0 Å². The average Bonchev–Trinajstić information content (AvgIpc) is 2.97. The number of carbonyl (C=O) groups excluding carboxylic acids is 1. The molecule has 0 saturated heterocycles. The topological polar surface area (TPSA) is 46.4 Å². The molecule has 0 aliphatic rings. The third-order valence-corrected chi connectivity index (χ3v) is 5.68. The zero-order chi connectivity index (χ0) is 20.1. The summed E-state index contributed by atoms with van der Waals surface area (Å²) in [5.41, 5.74) is 8.18. The third-order valence-electron chi connectivity index (χ3n) is 4.57. The summed E-state index contributed by atoms with van der Waals surface area (Å²) in [6.07, 6.45) is 1.71. The molecular weight excluding hydrogens is 366 g/mol. The summed E-state index contributed by atoms with van der Waals surface area (Å²) in [4.78, 5) is 13.4. The van der Waals surface area contributed by atoms with Gasteiger partial charge in [-0.3, -0.25) is 4.79 Å². The Morgan fingerprint density at radius 3 is 2.43 bits per heavy atom. The van der Waals surface area contributed by atoms with E-state index in [1.54, 1.807) is 6.21 Å². The Balaban J connectivity index is 1.64. The van der Waals surface area contributed by atoms with Gasteiger partial charge in [0, 0.05) is 27.5 Å². The zero-order valence-corrected chi connectivity index (χ0v) is 17.5. The molecule has 1 atom stereocenters. The van der Waals surface area contributed by atoms with Crippen LogP contribution >= 0.6 is 11.8 Å². The quantitative estimate of drug-likeness (QED) is 0.364. The van der Waals surface area contributed by atoms with Crippen LogP contribution in [0.4, 0.5) is 0 Å². The molecular formula is C23H25N3OS. The number of carbonyl (C=O) groups is 1. The number of aromatic nitrogens is 1. The van der Waals surface area contributed by atoms with Gasteiger partial charge in [0.05, 0.1) is 11.5 Å². The van der Waals surface area contributed by atoms with Crippen molar-refractivity contribution in [1.29, 1.82) is 0 Å². The van der Waals surface area contributed by atoms with Crippen molar-refractivity contribution >= 4 is 23.9 Å². The minimum Gasteiger partial charge on any atom is -0.318 e. The lowest BCUT2D eigenvalue weighted by atomic mass is 10.2. The molecule has 0 aliphatic heterocycles. The summed E-state index contributed by atoms with van der Waals surface area (Å²) in [7, 11) is 0. The van der Waals surface area contributed by atoms with E-state index >= 15 is 0 Å². The molecule has 28 heavy (non-hydrogen) atoms. The van der Waals surface area contributed by atoms with E-state index in [2.05, 4.69) is 47.1 Å². The molecule has 0 aliphatic carbocycles. The first-order valence-corrected chi connectivity index (χ1v) is 10.1. The van der Waals surface area contributed by atoms with Gasteiger partial charge in [0.1, 0.15) is 0 Å². The summed E-state index contributed by atoms with van der Waals surface area (Å²) in [6, 6.07) is 20.4. The molecule has 0 saturated carbocycles. The van der Waals surface area contributed by atoms with Crippen LogP contribution in [-0.4, -0.2) is 21.9 Å². The Labute approximate surface area is 170 Å². The molecule has 0 fully saturated rings. The molecule has 4 nitrogen and oxygen atoms in total. The number of hydrogen-bond donors (Lipinski definition) is 1. The first kappa shape index (κ1) is 20.0. The second-order valence-corrected chi connectivity index (χ2v) is 8.22. The molecule has 1 heterocycles. The number of aryl methyl sites for hydroxylation is 2. The SMILES string of the molecule is Cc1ccc(S[C@@H](C)C(=O)N/N=C\c2cc(C)n(-c3ccccc3)c2C)cc1. The normalized spacial score (nSPS) is 12.3. The third kappa shape index (κ3) is 4.73. The maximum atomic E-state index is 12.3. The van der Waals surface area contributed by atoms with E-state index < -0.39 is 0 Å². The minimum atomic E-state index is -0.225. The average molecular weight is 392 g/mol. The van der Waals surface area contributed by atoms with Gasteiger partial charge in [0.25, 0.3) is 5.91 Å². The lowest BCUT2D eigenvalue weighted by Gasteiger charge is -2.10. The molecule has 1 N–H and O–H groups in total. The van der Waals surface area contributed by atoms with Crippen LogP contribution in [0.15, 0.2) is 70.7 Å². The standard InChI is InChI=1S/C23H25N3OS/c1-16-10-12-22(13-11-16)28-19(4)23(27)25-24-15-20-14-17(2)26(18(20)3)21-8-6-5-7-9-21/h5-15,19H,1-4H3,(H,25,27)/b24-15-/t19-/m0/s1. The summed E-state index contributed by atoms with van der Waals surface area (Å²) in [5, 5.41) is 3.95. The van der Waals surface area contributed by atoms with Crippen LogP contribution in [0, 0.1) is 20.8 Å². The van der Waals surface area contributed by atoms with Crippen LogP contribution in [0.2, 0.25) is 0 Å². The van der Waals surface area contributed by atoms with Crippen molar-refractivity contribution in [2.75, 3.05) is 0 Å². The maximum absolute atomic E-state index is 12.3. The number of nitrogens with one attached hydrogen (secondary N) is 1. The van der Waals surface area contributed by atoms with E-state index in [-0.39, 0.29) is 11.2 Å². The highest BCUT2D eigenvalue weighted by molar-refractivity contribution is 8.00. The molecule has 3 aromatic rings. The van der Waals surface area contributed by atoms with Crippen LogP contribution in [0.3, 0.4) is 0 Å². The zero-order valence-electron chi connectivity index (χ0n) is 16.6. The van der Waals surface area contributed by atoms with Crippen LogP contribution in [0.25, 0.3) is 5.69 Å². The largest absolute Gasteiger partial charge is 0.318 e. The minimum absolute atomic E-state index is 0.112. The van der Waals surface area contributed by atoms with E-state index in [9.17, 15) is 4.79 Å². The van der Waals surface area contributed by atoms with Gasteiger partial charge in [-0.15, -0.1) is 11.8 Å². The number of amides is 1. The first-order chi connectivity index (χ1) is 13.5. The Morgan fingerprint density at radius 1 is 1.07 bits per heavy atom. The molecule has 0 spiro atoms. The Hall–Kier alpha value is -2.79. The van der Waals surface area contributed by atoms with E-state index in [0.717, 1.165) is 27.5 Å². The molecule has 0 radical (unpaired) electrons. The summed E-state index contributed by atoms with van der Waals surface area (Å²) in [5.74, 6) is -0.112.